The molecular weight excluding hydrogens is 298 g/mol. The highest BCUT2D eigenvalue weighted by atomic mass is 35.7. The predicted octanol–water partition coefficient (Wildman–Crippen LogP) is 2.95. The summed E-state index contributed by atoms with van der Waals surface area (Å²) >= 11 is 0. The molecule has 1 aromatic carbocycles. The van der Waals surface area contributed by atoms with Crippen molar-refractivity contribution < 1.29 is 13.2 Å². The molecule has 0 aliphatic carbocycles. The lowest BCUT2D eigenvalue weighted by molar-refractivity contribution is 0.0946. The first-order chi connectivity index (χ1) is 9.29. The minimum Gasteiger partial charge on any atom is -0.352 e. The second-order valence-electron chi connectivity index (χ2n) is 4.83. The Kier molecular flexibility index (Phi) is 6.02. The number of rotatable bonds is 6. The van der Waals surface area contributed by atoms with Gasteiger partial charge in [-0.1, -0.05) is 33.3 Å². The molecule has 0 bridgehead atoms. The van der Waals surface area contributed by atoms with Crippen LogP contribution in [-0.4, -0.2) is 20.9 Å². The number of benzene rings is 1. The zero-order valence-electron chi connectivity index (χ0n) is 11.9. The molecule has 6 heteroatoms. The fourth-order valence-electron chi connectivity index (χ4n) is 1.73. The van der Waals surface area contributed by atoms with Gasteiger partial charge in [-0.25, -0.2) is 8.42 Å². The molecular formula is C14H20ClNO3S. The Bertz CT molecular complexity index is 584. The molecule has 1 amide bonds. The van der Waals surface area contributed by atoms with E-state index in [9.17, 15) is 13.2 Å². The van der Waals surface area contributed by atoms with Crippen LogP contribution < -0.4 is 5.32 Å². The number of amides is 1. The van der Waals surface area contributed by atoms with E-state index >= 15 is 0 Å². The van der Waals surface area contributed by atoms with Gasteiger partial charge in [0.15, 0.2) is 0 Å². The highest BCUT2D eigenvalue weighted by Crippen LogP contribution is 2.20. The Morgan fingerprint density at radius 2 is 2.00 bits per heavy atom. The van der Waals surface area contributed by atoms with E-state index in [1.54, 1.807) is 6.07 Å². The number of halogens is 1. The number of carbonyl (C=O) groups excluding carboxylic acids is 1. The van der Waals surface area contributed by atoms with Crippen LogP contribution in [0.1, 0.15) is 43.1 Å². The Labute approximate surface area is 124 Å². The summed E-state index contributed by atoms with van der Waals surface area (Å²) in [7, 11) is 1.49. The molecule has 0 spiro atoms. The van der Waals surface area contributed by atoms with E-state index in [2.05, 4.69) is 12.2 Å². The summed E-state index contributed by atoms with van der Waals surface area (Å²) in [6.45, 7) is 6.57. The molecule has 112 valence electrons. The lowest BCUT2D eigenvalue weighted by Gasteiger charge is -2.13. The number of nitrogens with one attached hydrogen (secondary N) is 1. The fraction of sp³-hybridized carbons (Fsp3) is 0.500. The largest absolute Gasteiger partial charge is 0.352 e. The molecule has 0 aliphatic heterocycles. The van der Waals surface area contributed by atoms with Crippen molar-refractivity contribution in [2.75, 3.05) is 6.54 Å². The molecule has 0 aromatic heterocycles. The Balaban J connectivity index is 3.05. The third kappa shape index (κ3) is 4.49. The quantitative estimate of drug-likeness (QED) is 0.820. The molecule has 1 unspecified atom stereocenters. The van der Waals surface area contributed by atoms with E-state index < -0.39 is 9.05 Å². The SMILES string of the molecule is CCc1ccc(S(=O)(=O)Cl)cc1C(=O)NCC(C)CC. The molecule has 1 N–H and O–H groups in total. The van der Waals surface area contributed by atoms with Gasteiger partial charge in [0.1, 0.15) is 0 Å². The van der Waals surface area contributed by atoms with Crippen LogP contribution in [-0.2, 0) is 15.5 Å². The summed E-state index contributed by atoms with van der Waals surface area (Å²) in [4.78, 5) is 12.1. The van der Waals surface area contributed by atoms with Crippen LogP contribution in [0.15, 0.2) is 23.1 Å². The van der Waals surface area contributed by atoms with Gasteiger partial charge >= 0.3 is 0 Å². The van der Waals surface area contributed by atoms with Crippen molar-refractivity contribution in [2.45, 2.75) is 38.5 Å². The summed E-state index contributed by atoms with van der Waals surface area (Å²) in [5, 5.41) is 2.83. The fourth-order valence-corrected chi connectivity index (χ4v) is 2.51. The van der Waals surface area contributed by atoms with Gasteiger partial charge in [0, 0.05) is 22.8 Å². The molecule has 0 saturated heterocycles. The van der Waals surface area contributed by atoms with Crippen molar-refractivity contribution in [3.8, 4) is 0 Å². The monoisotopic (exact) mass is 317 g/mol. The zero-order valence-corrected chi connectivity index (χ0v) is 13.5. The van der Waals surface area contributed by atoms with Gasteiger partial charge in [-0.15, -0.1) is 0 Å². The molecule has 1 aromatic rings. The molecule has 0 fully saturated rings. The molecule has 0 saturated carbocycles. The minimum absolute atomic E-state index is 0.0509. The summed E-state index contributed by atoms with van der Waals surface area (Å²) in [6, 6.07) is 4.40. The van der Waals surface area contributed by atoms with Gasteiger partial charge in [-0.05, 0) is 30.0 Å². The average molecular weight is 318 g/mol. The van der Waals surface area contributed by atoms with E-state index in [4.69, 9.17) is 10.7 Å². The van der Waals surface area contributed by atoms with E-state index in [-0.39, 0.29) is 10.8 Å². The molecule has 1 rings (SSSR count). The van der Waals surface area contributed by atoms with Crippen LogP contribution in [0.3, 0.4) is 0 Å². The standard InChI is InChI=1S/C14H20ClNO3S/c1-4-10(3)9-16-14(17)13-8-12(20(15,18)19)7-6-11(13)5-2/h6-8,10H,4-5,9H2,1-3H3,(H,16,17). The normalized spacial score (nSPS) is 13.0. The van der Waals surface area contributed by atoms with Gasteiger partial charge in [0.25, 0.3) is 15.0 Å². The number of hydrogen-bond donors (Lipinski definition) is 1. The van der Waals surface area contributed by atoms with Gasteiger partial charge in [0.2, 0.25) is 0 Å². The number of aryl methyl sites for hydroxylation is 1. The van der Waals surface area contributed by atoms with E-state index in [0.717, 1.165) is 12.0 Å². The van der Waals surface area contributed by atoms with Gasteiger partial charge in [-0.3, -0.25) is 4.79 Å². The van der Waals surface area contributed by atoms with E-state index in [0.29, 0.717) is 24.4 Å². The van der Waals surface area contributed by atoms with E-state index in [1.807, 2.05) is 13.8 Å². The maximum absolute atomic E-state index is 12.2. The summed E-state index contributed by atoms with van der Waals surface area (Å²) in [6.07, 6.45) is 1.62. The van der Waals surface area contributed by atoms with Crippen molar-refractivity contribution >= 4 is 25.6 Å². The van der Waals surface area contributed by atoms with Crippen LogP contribution in [0.25, 0.3) is 0 Å². The third-order valence-corrected chi connectivity index (χ3v) is 4.65. The molecule has 0 radical (unpaired) electrons. The van der Waals surface area contributed by atoms with Crippen LogP contribution in [0.4, 0.5) is 0 Å². The minimum atomic E-state index is -3.83. The lowest BCUT2D eigenvalue weighted by Crippen LogP contribution is -2.29. The van der Waals surface area contributed by atoms with Crippen molar-refractivity contribution in [1.29, 1.82) is 0 Å². The predicted molar refractivity (Wildman–Crippen MR) is 80.6 cm³/mol. The van der Waals surface area contributed by atoms with Crippen LogP contribution in [0.5, 0.6) is 0 Å². The first-order valence-electron chi connectivity index (χ1n) is 6.65. The zero-order chi connectivity index (χ0) is 15.3. The Hall–Kier alpha value is -1.07. The number of hydrogen-bond acceptors (Lipinski definition) is 3. The second-order valence-corrected chi connectivity index (χ2v) is 7.40. The van der Waals surface area contributed by atoms with Crippen LogP contribution in [0, 0.1) is 5.92 Å². The van der Waals surface area contributed by atoms with Crippen molar-refractivity contribution in [3.05, 3.63) is 29.3 Å². The van der Waals surface area contributed by atoms with Crippen LogP contribution in [0.2, 0.25) is 0 Å². The molecule has 0 aliphatic rings. The molecule has 4 nitrogen and oxygen atoms in total. The van der Waals surface area contributed by atoms with Crippen molar-refractivity contribution in [2.24, 2.45) is 5.92 Å². The third-order valence-electron chi connectivity index (χ3n) is 3.30. The molecule has 0 heterocycles. The first kappa shape index (κ1) is 17.0. The lowest BCUT2D eigenvalue weighted by atomic mass is 10.0. The molecule has 20 heavy (non-hydrogen) atoms. The number of carbonyl (C=O) groups is 1. The highest BCUT2D eigenvalue weighted by Gasteiger charge is 2.17. The van der Waals surface area contributed by atoms with Gasteiger partial charge in [-0.2, -0.15) is 0 Å². The van der Waals surface area contributed by atoms with Gasteiger partial charge < -0.3 is 5.32 Å². The Morgan fingerprint density at radius 1 is 1.35 bits per heavy atom. The smallest absolute Gasteiger partial charge is 0.261 e. The average Bonchev–Trinajstić information content (AvgIpc) is 2.42. The van der Waals surface area contributed by atoms with E-state index in [1.165, 1.54) is 12.1 Å². The highest BCUT2D eigenvalue weighted by molar-refractivity contribution is 8.13. The molecule has 1 atom stereocenters. The maximum atomic E-state index is 12.2. The maximum Gasteiger partial charge on any atom is 0.261 e. The topological polar surface area (TPSA) is 63.2 Å². The summed E-state index contributed by atoms with van der Waals surface area (Å²) in [5.41, 5.74) is 1.17. The summed E-state index contributed by atoms with van der Waals surface area (Å²) < 4.78 is 22.7. The van der Waals surface area contributed by atoms with Crippen LogP contribution >= 0.6 is 10.7 Å². The van der Waals surface area contributed by atoms with Crippen molar-refractivity contribution in [1.82, 2.24) is 5.32 Å². The van der Waals surface area contributed by atoms with Crippen molar-refractivity contribution in [3.63, 3.8) is 0 Å². The van der Waals surface area contributed by atoms with Gasteiger partial charge in [0.05, 0.1) is 4.90 Å². The second kappa shape index (κ2) is 7.09. The Morgan fingerprint density at radius 3 is 2.50 bits per heavy atom. The first-order valence-corrected chi connectivity index (χ1v) is 8.96. The summed E-state index contributed by atoms with van der Waals surface area (Å²) in [5.74, 6) is 0.119.